The number of carbonyl (C=O) groups is 1. The molecule has 1 heterocycles. The molecule has 0 aromatic heterocycles. The predicted octanol–water partition coefficient (Wildman–Crippen LogP) is 7.75. The first-order chi connectivity index (χ1) is 18.8. The third kappa shape index (κ3) is 12.4. The number of piperidine rings is 1. The lowest BCUT2D eigenvalue weighted by Gasteiger charge is -2.39. The van der Waals surface area contributed by atoms with Gasteiger partial charge in [0.25, 0.3) is 0 Å². The van der Waals surface area contributed by atoms with E-state index in [2.05, 4.69) is 5.92 Å². The van der Waals surface area contributed by atoms with Gasteiger partial charge in [-0.1, -0.05) is 42.5 Å². The van der Waals surface area contributed by atoms with E-state index < -0.39 is 36.3 Å². The number of hydrogen-bond acceptors (Lipinski definition) is 3. The summed E-state index contributed by atoms with van der Waals surface area (Å²) in [5, 5.41) is 8.98. The van der Waals surface area contributed by atoms with E-state index in [4.69, 9.17) is 16.3 Å². The number of rotatable bonds is 10. The fourth-order valence-corrected chi connectivity index (χ4v) is 4.49. The molecule has 0 spiro atoms. The van der Waals surface area contributed by atoms with Gasteiger partial charge in [-0.3, -0.25) is 9.69 Å². The molecule has 3 rings (SSSR count). The van der Waals surface area contributed by atoms with Crippen molar-refractivity contribution in [2.45, 2.75) is 64.0 Å². The summed E-state index contributed by atoms with van der Waals surface area (Å²) in [6, 6.07) is 14.2. The zero-order valence-electron chi connectivity index (χ0n) is 22.3. The quantitative estimate of drug-likeness (QED) is 0.234. The number of terminal acetylenes is 1. The van der Waals surface area contributed by atoms with Crippen molar-refractivity contribution in [2.24, 2.45) is 11.8 Å². The van der Waals surface area contributed by atoms with Gasteiger partial charge in [0, 0.05) is 24.8 Å². The third-order valence-electron chi connectivity index (χ3n) is 6.58. The Kier molecular flexibility index (Phi) is 13.0. The van der Waals surface area contributed by atoms with Crippen LogP contribution in [0.2, 0.25) is 0 Å². The first kappa shape index (κ1) is 33.2. The summed E-state index contributed by atoms with van der Waals surface area (Å²) in [6.45, 7) is 3.83. The van der Waals surface area contributed by atoms with Gasteiger partial charge in [-0.15, -0.1) is 12.3 Å². The Morgan fingerprint density at radius 3 is 2.30 bits per heavy atom. The van der Waals surface area contributed by atoms with Crippen LogP contribution in [0, 0.1) is 24.2 Å². The highest BCUT2D eigenvalue weighted by Crippen LogP contribution is 2.38. The highest BCUT2D eigenvalue weighted by Gasteiger charge is 2.34. The maximum absolute atomic E-state index is 12.7. The van der Waals surface area contributed by atoms with Crippen LogP contribution < -0.4 is 0 Å². The molecule has 0 saturated carbocycles. The van der Waals surface area contributed by atoms with Crippen molar-refractivity contribution in [1.29, 1.82) is 0 Å². The maximum atomic E-state index is 12.7. The van der Waals surface area contributed by atoms with Crippen molar-refractivity contribution >= 4 is 5.97 Å². The monoisotopic (exact) mass is 571 g/mol. The lowest BCUT2D eigenvalue weighted by molar-refractivity contribution is -0.140. The molecule has 1 fully saturated rings. The fourth-order valence-electron chi connectivity index (χ4n) is 4.49. The predicted molar refractivity (Wildman–Crippen MR) is 140 cm³/mol. The van der Waals surface area contributed by atoms with Gasteiger partial charge in [0.15, 0.2) is 0 Å². The van der Waals surface area contributed by atoms with Gasteiger partial charge < -0.3 is 9.84 Å². The molecular formula is C30H35F6NO3. The van der Waals surface area contributed by atoms with Crippen LogP contribution in [0.25, 0.3) is 0 Å². The van der Waals surface area contributed by atoms with Crippen molar-refractivity contribution < 1.29 is 41.0 Å². The molecule has 0 amide bonds. The highest BCUT2D eigenvalue weighted by molar-refractivity contribution is 5.67. The summed E-state index contributed by atoms with van der Waals surface area (Å²) in [5.74, 6) is 1.70. The molecule has 1 aliphatic heterocycles. The van der Waals surface area contributed by atoms with Gasteiger partial charge in [0.1, 0.15) is 0 Å². The van der Waals surface area contributed by atoms with E-state index in [0.29, 0.717) is 38.2 Å². The molecule has 220 valence electrons. The van der Waals surface area contributed by atoms with E-state index in [0.717, 1.165) is 12.1 Å². The van der Waals surface area contributed by atoms with Gasteiger partial charge in [-0.05, 0) is 68.5 Å². The first-order valence-corrected chi connectivity index (χ1v) is 13.1. The van der Waals surface area contributed by atoms with Gasteiger partial charge in [-0.2, -0.15) is 26.3 Å². The number of ether oxygens (including phenoxy) is 1. The number of aliphatic carboxylic acids is 1. The van der Waals surface area contributed by atoms with E-state index >= 15 is 0 Å². The number of benzene rings is 2. The zero-order valence-corrected chi connectivity index (χ0v) is 22.3. The van der Waals surface area contributed by atoms with Crippen LogP contribution in [-0.2, 0) is 22.3 Å². The van der Waals surface area contributed by atoms with Crippen LogP contribution in [0.3, 0.4) is 0 Å². The molecule has 2 aromatic rings. The Bertz CT molecular complexity index is 1060. The van der Waals surface area contributed by atoms with Crippen molar-refractivity contribution in [3.8, 4) is 12.3 Å². The van der Waals surface area contributed by atoms with E-state index in [1.807, 2.05) is 42.2 Å². The standard InChI is InChI=1S/C18H21F6NO2.C12H14O/c19-17(20,21)7-1-8-25-9-6-12(11-16(26)27)10-15(25)13-2-4-14(5-3-13)18(22,23)24;1-3-11(2)9-13-10-12-7-5-4-6-8-12/h2-5,12,15H,1,6-11H2,(H,26,27);1,4-8,11H,9-10H2,2H3/t12-,15?;/m1./s1. The molecular weight excluding hydrogens is 536 g/mol. The average Bonchev–Trinajstić information content (AvgIpc) is 2.89. The second-order valence-electron chi connectivity index (χ2n) is 9.95. The lowest BCUT2D eigenvalue weighted by atomic mass is 9.85. The summed E-state index contributed by atoms with van der Waals surface area (Å²) in [5.41, 5.74) is 0.949. The molecule has 1 N–H and O–H groups in total. The topological polar surface area (TPSA) is 49.8 Å². The van der Waals surface area contributed by atoms with Crippen molar-refractivity contribution in [2.75, 3.05) is 19.7 Å². The minimum absolute atomic E-state index is 0.0620. The number of halogens is 6. The van der Waals surface area contributed by atoms with Crippen LogP contribution in [0.4, 0.5) is 26.3 Å². The second-order valence-corrected chi connectivity index (χ2v) is 9.95. The van der Waals surface area contributed by atoms with E-state index in [9.17, 15) is 31.1 Å². The lowest BCUT2D eigenvalue weighted by Crippen LogP contribution is -2.38. The zero-order chi connectivity index (χ0) is 29.8. The van der Waals surface area contributed by atoms with Crippen molar-refractivity contribution in [3.05, 3.63) is 71.3 Å². The molecule has 2 aromatic carbocycles. The molecule has 3 atom stereocenters. The summed E-state index contributed by atoms with van der Waals surface area (Å²) in [4.78, 5) is 12.8. The van der Waals surface area contributed by atoms with Crippen LogP contribution >= 0.6 is 0 Å². The number of likely N-dealkylation sites (tertiary alicyclic amines) is 1. The minimum atomic E-state index is -4.47. The Hall–Kier alpha value is -3.03. The number of carboxylic acid groups (broad SMARTS) is 1. The number of carboxylic acids is 1. The van der Waals surface area contributed by atoms with E-state index in [1.54, 1.807) is 0 Å². The van der Waals surface area contributed by atoms with E-state index in [-0.39, 0.29) is 31.2 Å². The van der Waals surface area contributed by atoms with Gasteiger partial charge in [0.05, 0.1) is 18.8 Å². The normalized spacial score (nSPS) is 18.8. The maximum Gasteiger partial charge on any atom is 0.416 e. The Labute approximate surface area is 231 Å². The largest absolute Gasteiger partial charge is 0.481 e. The molecule has 0 radical (unpaired) electrons. The first-order valence-electron chi connectivity index (χ1n) is 13.1. The second kappa shape index (κ2) is 15.7. The molecule has 40 heavy (non-hydrogen) atoms. The molecule has 0 bridgehead atoms. The third-order valence-corrected chi connectivity index (χ3v) is 6.58. The molecule has 1 aliphatic rings. The molecule has 0 aliphatic carbocycles. The smallest absolute Gasteiger partial charge is 0.416 e. The van der Waals surface area contributed by atoms with Gasteiger partial charge >= 0.3 is 18.3 Å². The van der Waals surface area contributed by atoms with Crippen molar-refractivity contribution in [1.82, 2.24) is 4.90 Å². The van der Waals surface area contributed by atoms with E-state index in [1.165, 1.54) is 17.7 Å². The Morgan fingerprint density at radius 2 is 1.75 bits per heavy atom. The van der Waals surface area contributed by atoms with Crippen LogP contribution in [0.1, 0.15) is 61.8 Å². The number of alkyl halides is 6. The van der Waals surface area contributed by atoms with Crippen molar-refractivity contribution in [3.63, 3.8) is 0 Å². The molecule has 10 heteroatoms. The average molecular weight is 572 g/mol. The molecule has 1 saturated heterocycles. The van der Waals surface area contributed by atoms with Crippen LogP contribution in [0.15, 0.2) is 54.6 Å². The summed E-state index contributed by atoms with van der Waals surface area (Å²) >= 11 is 0. The Morgan fingerprint density at radius 1 is 1.10 bits per heavy atom. The SMILES string of the molecule is C#CC(C)COCc1ccccc1.O=C(O)C[C@@H]1CCN(CCCC(F)(F)F)C(c2ccc(C(F)(F)F)cc2)C1. The molecule has 2 unspecified atom stereocenters. The minimum Gasteiger partial charge on any atom is -0.481 e. The van der Waals surface area contributed by atoms with Gasteiger partial charge in [-0.25, -0.2) is 0 Å². The fraction of sp³-hybridized carbons (Fsp3) is 0.500. The van der Waals surface area contributed by atoms with Crippen LogP contribution in [0.5, 0.6) is 0 Å². The number of hydrogen-bond donors (Lipinski definition) is 1. The molecule has 4 nitrogen and oxygen atoms in total. The van der Waals surface area contributed by atoms with Gasteiger partial charge in [0.2, 0.25) is 0 Å². The summed E-state index contributed by atoms with van der Waals surface area (Å²) < 4.78 is 80.9. The number of nitrogens with zero attached hydrogens (tertiary/aromatic N) is 1. The highest BCUT2D eigenvalue weighted by atomic mass is 19.4. The Balaban J connectivity index is 0.000000360. The van der Waals surface area contributed by atoms with Crippen LogP contribution in [-0.4, -0.2) is 41.8 Å². The summed E-state index contributed by atoms with van der Waals surface area (Å²) in [7, 11) is 0. The summed E-state index contributed by atoms with van der Waals surface area (Å²) in [6.07, 6.45) is -3.67.